The third kappa shape index (κ3) is 35.6. The summed E-state index contributed by atoms with van der Waals surface area (Å²) in [5, 5.41) is 40.2. The van der Waals surface area contributed by atoms with Crippen LogP contribution in [0.4, 0.5) is 0 Å². The zero-order valence-electron chi connectivity index (χ0n) is 40.5. The fourth-order valence-corrected chi connectivity index (χ4v) is 7.38. The highest BCUT2D eigenvalue weighted by Crippen LogP contribution is 2.23. The van der Waals surface area contributed by atoms with Crippen LogP contribution >= 0.6 is 0 Å². The first-order chi connectivity index (χ1) is 31.4. The SMILES string of the molecule is CC/C=C\C/C=C\C/C=C\C/C=C\CCCCCCCCCCCCCCCOCC(COC1OC(CO)C(O)C(O)C1O)OC(=O)CCCCCCC/C=C\C/C=C\C/C=C\CC. The van der Waals surface area contributed by atoms with Crippen molar-refractivity contribution in [3.63, 3.8) is 0 Å². The predicted molar refractivity (Wildman–Crippen MR) is 265 cm³/mol. The Labute approximate surface area is 390 Å². The van der Waals surface area contributed by atoms with Gasteiger partial charge in [-0.15, -0.1) is 0 Å². The van der Waals surface area contributed by atoms with Gasteiger partial charge in [0.15, 0.2) is 6.29 Å². The van der Waals surface area contributed by atoms with Gasteiger partial charge in [0.25, 0.3) is 0 Å². The predicted octanol–water partition coefficient (Wildman–Crippen LogP) is 12.6. The van der Waals surface area contributed by atoms with Crippen molar-refractivity contribution in [1.82, 2.24) is 0 Å². The number of carbonyl (C=O) groups excluding carboxylic acids is 1. The molecule has 0 aromatic heterocycles. The van der Waals surface area contributed by atoms with Gasteiger partial charge in [-0.3, -0.25) is 4.79 Å². The van der Waals surface area contributed by atoms with Crippen LogP contribution in [0.1, 0.15) is 194 Å². The topological polar surface area (TPSA) is 135 Å². The summed E-state index contributed by atoms with van der Waals surface area (Å²) < 4.78 is 22.9. The maximum atomic E-state index is 12.8. The maximum Gasteiger partial charge on any atom is 0.306 e. The lowest BCUT2D eigenvalue weighted by molar-refractivity contribution is -0.305. The van der Waals surface area contributed by atoms with E-state index in [4.69, 9.17) is 18.9 Å². The van der Waals surface area contributed by atoms with Crippen LogP contribution in [0.25, 0.3) is 0 Å². The first-order valence-corrected chi connectivity index (χ1v) is 25.7. The van der Waals surface area contributed by atoms with Crippen molar-refractivity contribution in [2.24, 2.45) is 0 Å². The van der Waals surface area contributed by atoms with Gasteiger partial charge in [-0.05, 0) is 83.5 Å². The number of allylic oxidation sites excluding steroid dienone is 14. The largest absolute Gasteiger partial charge is 0.457 e. The van der Waals surface area contributed by atoms with Crippen LogP contribution in [-0.4, -0.2) is 89.6 Å². The molecule has 0 amide bonds. The Morgan fingerprint density at radius 3 is 1.36 bits per heavy atom. The van der Waals surface area contributed by atoms with E-state index >= 15 is 0 Å². The normalized spacial score (nSPS) is 20.2. The minimum Gasteiger partial charge on any atom is -0.457 e. The summed E-state index contributed by atoms with van der Waals surface area (Å²) >= 11 is 0. The Kier molecular flexibility index (Phi) is 42.2. The molecule has 0 aromatic carbocycles. The van der Waals surface area contributed by atoms with E-state index in [1.165, 1.54) is 77.0 Å². The molecule has 1 saturated heterocycles. The Balaban J connectivity index is 2.18. The highest BCUT2D eigenvalue weighted by Gasteiger charge is 2.44. The summed E-state index contributed by atoms with van der Waals surface area (Å²) in [5.74, 6) is -0.333. The molecule has 1 heterocycles. The van der Waals surface area contributed by atoms with Gasteiger partial charge in [-0.2, -0.15) is 0 Å². The van der Waals surface area contributed by atoms with E-state index in [2.05, 4.69) is 98.9 Å². The summed E-state index contributed by atoms with van der Waals surface area (Å²) in [6.07, 6.45) is 54.8. The highest BCUT2D eigenvalue weighted by molar-refractivity contribution is 5.69. The van der Waals surface area contributed by atoms with Crippen LogP contribution in [0.15, 0.2) is 85.1 Å². The van der Waals surface area contributed by atoms with Gasteiger partial charge in [0.05, 0.1) is 19.8 Å². The zero-order valence-corrected chi connectivity index (χ0v) is 40.5. The van der Waals surface area contributed by atoms with E-state index in [1.807, 2.05) is 0 Å². The van der Waals surface area contributed by atoms with E-state index in [0.29, 0.717) is 13.0 Å². The molecular weight excluding hydrogens is 805 g/mol. The second-order valence-corrected chi connectivity index (χ2v) is 17.2. The molecule has 4 N–H and O–H groups in total. The summed E-state index contributed by atoms with van der Waals surface area (Å²) in [6, 6.07) is 0. The van der Waals surface area contributed by atoms with Crippen molar-refractivity contribution in [2.45, 2.75) is 230 Å². The monoisotopic (exact) mass is 899 g/mol. The Hall–Kier alpha value is -2.63. The average molecular weight is 899 g/mol. The molecule has 368 valence electrons. The molecule has 0 radical (unpaired) electrons. The lowest BCUT2D eigenvalue weighted by Gasteiger charge is -2.39. The van der Waals surface area contributed by atoms with Gasteiger partial charge in [0.1, 0.15) is 30.5 Å². The van der Waals surface area contributed by atoms with Gasteiger partial charge in [-0.25, -0.2) is 0 Å². The van der Waals surface area contributed by atoms with Gasteiger partial charge >= 0.3 is 5.97 Å². The van der Waals surface area contributed by atoms with Gasteiger partial charge < -0.3 is 39.4 Å². The van der Waals surface area contributed by atoms with Crippen molar-refractivity contribution in [3.05, 3.63) is 85.1 Å². The molecule has 1 aliphatic rings. The fraction of sp³-hybridized carbons (Fsp3) is 0.727. The second-order valence-electron chi connectivity index (χ2n) is 17.2. The Morgan fingerprint density at radius 1 is 0.500 bits per heavy atom. The minimum atomic E-state index is -1.54. The molecule has 6 atom stereocenters. The van der Waals surface area contributed by atoms with Crippen LogP contribution < -0.4 is 0 Å². The third-order valence-corrected chi connectivity index (χ3v) is 11.3. The standard InChI is InChI=1S/C55H94O9/c1-3-5-7-9-11-13-15-17-19-20-21-22-23-24-25-26-27-28-29-31-33-35-37-39-41-43-45-61-47-49(48-62-55-54(60)53(59)52(58)50(46-56)64-55)63-51(57)44-42-40-38-36-34-32-30-18-16-14-12-10-8-6-4-2/h5-8,11-14,17-19,21-22,30,49-50,52-56,58-60H,3-4,9-10,15-16,20,23-29,31-48H2,1-2H3/b7-5-,8-6-,13-11-,14-12-,19-17-,22-21-,30-18-. The molecule has 6 unspecified atom stereocenters. The number of ether oxygens (including phenoxy) is 4. The maximum absolute atomic E-state index is 12.8. The van der Waals surface area contributed by atoms with E-state index in [1.54, 1.807) is 0 Å². The van der Waals surface area contributed by atoms with Gasteiger partial charge in [0, 0.05) is 13.0 Å². The summed E-state index contributed by atoms with van der Waals surface area (Å²) in [7, 11) is 0. The number of esters is 1. The van der Waals surface area contributed by atoms with Gasteiger partial charge in [-0.1, -0.05) is 189 Å². The summed E-state index contributed by atoms with van der Waals surface area (Å²) in [6.45, 7) is 4.31. The van der Waals surface area contributed by atoms with Crippen molar-refractivity contribution >= 4 is 5.97 Å². The number of rotatable bonds is 43. The van der Waals surface area contributed by atoms with Crippen molar-refractivity contribution in [1.29, 1.82) is 0 Å². The molecule has 0 saturated carbocycles. The van der Waals surface area contributed by atoms with E-state index in [0.717, 1.165) is 96.3 Å². The molecule has 64 heavy (non-hydrogen) atoms. The van der Waals surface area contributed by atoms with Crippen molar-refractivity contribution < 1.29 is 44.2 Å². The third-order valence-electron chi connectivity index (χ3n) is 11.3. The van der Waals surface area contributed by atoms with Crippen LogP contribution in [-0.2, 0) is 23.7 Å². The minimum absolute atomic E-state index is 0.125. The molecule has 1 aliphatic heterocycles. The molecule has 1 rings (SSSR count). The molecule has 9 nitrogen and oxygen atoms in total. The molecule has 0 aliphatic carbocycles. The van der Waals surface area contributed by atoms with Crippen LogP contribution in [0.2, 0.25) is 0 Å². The molecule has 1 fully saturated rings. The summed E-state index contributed by atoms with van der Waals surface area (Å²) in [4.78, 5) is 12.8. The highest BCUT2D eigenvalue weighted by atomic mass is 16.7. The zero-order chi connectivity index (χ0) is 46.4. The van der Waals surface area contributed by atoms with Crippen LogP contribution in [0.3, 0.4) is 0 Å². The molecule has 9 heteroatoms. The average Bonchev–Trinajstić information content (AvgIpc) is 3.30. The number of hydrogen-bond donors (Lipinski definition) is 4. The van der Waals surface area contributed by atoms with Gasteiger partial charge in [0.2, 0.25) is 0 Å². The molecule has 0 spiro atoms. The smallest absolute Gasteiger partial charge is 0.306 e. The van der Waals surface area contributed by atoms with Crippen LogP contribution in [0, 0.1) is 0 Å². The second kappa shape index (κ2) is 45.5. The van der Waals surface area contributed by atoms with Crippen LogP contribution in [0.5, 0.6) is 0 Å². The number of aliphatic hydroxyl groups excluding tert-OH is 4. The molecule has 0 aromatic rings. The number of aliphatic hydroxyl groups is 4. The Bertz CT molecular complexity index is 1250. The lowest BCUT2D eigenvalue weighted by Crippen LogP contribution is -2.59. The lowest BCUT2D eigenvalue weighted by atomic mass is 9.99. The van der Waals surface area contributed by atoms with E-state index in [9.17, 15) is 25.2 Å². The molecule has 0 bridgehead atoms. The Morgan fingerprint density at radius 2 is 0.906 bits per heavy atom. The molecular formula is C55H94O9. The first-order valence-electron chi connectivity index (χ1n) is 25.7. The number of carbonyl (C=O) groups is 1. The quantitative estimate of drug-likeness (QED) is 0.0268. The fourth-order valence-electron chi connectivity index (χ4n) is 7.38. The first kappa shape index (κ1) is 59.4. The van der Waals surface area contributed by atoms with E-state index in [-0.39, 0.29) is 19.2 Å². The van der Waals surface area contributed by atoms with Crippen molar-refractivity contribution in [2.75, 3.05) is 26.4 Å². The number of hydrogen-bond acceptors (Lipinski definition) is 9. The number of unbranched alkanes of at least 4 members (excludes halogenated alkanes) is 18. The summed E-state index contributed by atoms with van der Waals surface area (Å²) in [5.41, 5.74) is 0. The van der Waals surface area contributed by atoms with E-state index < -0.39 is 43.4 Å². The van der Waals surface area contributed by atoms with Crippen molar-refractivity contribution in [3.8, 4) is 0 Å².